The summed E-state index contributed by atoms with van der Waals surface area (Å²) in [6.45, 7) is 0. The Labute approximate surface area is 75.4 Å². The van der Waals surface area contributed by atoms with Crippen LogP contribution in [0, 0.1) is 18.2 Å². The lowest BCUT2D eigenvalue weighted by atomic mass is 10.2. The summed E-state index contributed by atoms with van der Waals surface area (Å²) in [6.07, 6.45) is 4.94. The van der Waals surface area contributed by atoms with Crippen LogP contribution in [0.15, 0.2) is 23.1 Å². The summed E-state index contributed by atoms with van der Waals surface area (Å²) in [7, 11) is -3.95. The summed E-state index contributed by atoms with van der Waals surface area (Å²) >= 11 is 0. The maximum Gasteiger partial charge on any atom is 0.239 e. The number of sulfonamides is 1. The zero-order valence-electron chi connectivity index (χ0n) is 6.49. The van der Waals surface area contributed by atoms with Gasteiger partial charge >= 0.3 is 0 Å². The van der Waals surface area contributed by atoms with E-state index in [0.717, 1.165) is 12.1 Å². The minimum Gasteiger partial charge on any atom is -0.225 e. The molecule has 1 aromatic carbocycles. The second-order valence-electron chi connectivity index (χ2n) is 2.30. The van der Waals surface area contributed by atoms with Crippen molar-refractivity contribution < 1.29 is 12.8 Å². The van der Waals surface area contributed by atoms with Gasteiger partial charge in [0.1, 0.15) is 10.7 Å². The highest BCUT2D eigenvalue weighted by Crippen LogP contribution is 2.15. The molecule has 0 aliphatic rings. The van der Waals surface area contributed by atoms with Crippen LogP contribution in [0.2, 0.25) is 0 Å². The number of terminal acetylenes is 1. The van der Waals surface area contributed by atoms with Crippen molar-refractivity contribution in [2.45, 2.75) is 4.90 Å². The smallest absolute Gasteiger partial charge is 0.225 e. The standard InChI is InChI=1S/C8H6FNO2S/c1-2-6-7(9)4-3-5-8(6)13(10,11)12/h1,3-5H,(H2,10,11,12). The van der Waals surface area contributed by atoms with Gasteiger partial charge in [0.05, 0.1) is 5.56 Å². The van der Waals surface area contributed by atoms with E-state index < -0.39 is 15.8 Å². The van der Waals surface area contributed by atoms with Gasteiger partial charge in [0.15, 0.2) is 0 Å². The molecule has 0 aliphatic heterocycles. The predicted octanol–water partition coefficient (Wildman–Crippen LogP) is 0.454. The molecule has 0 saturated heterocycles. The molecule has 0 atom stereocenters. The Balaban J connectivity index is 3.59. The molecule has 1 rings (SSSR count). The Kier molecular flexibility index (Phi) is 2.36. The topological polar surface area (TPSA) is 60.2 Å². The van der Waals surface area contributed by atoms with Crippen LogP contribution in [-0.4, -0.2) is 8.42 Å². The molecule has 0 saturated carbocycles. The van der Waals surface area contributed by atoms with Crippen molar-refractivity contribution in [1.29, 1.82) is 0 Å². The first kappa shape index (κ1) is 9.71. The van der Waals surface area contributed by atoms with Gasteiger partial charge in [-0.1, -0.05) is 12.0 Å². The van der Waals surface area contributed by atoms with Gasteiger partial charge in [-0.2, -0.15) is 0 Å². The number of nitrogens with two attached hydrogens (primary N) is 1. The normalized spacial score (nSPS) is 10.8. The van der Waals surface area contributed by atoms with Crippen molar-refractivity contribution in [3.63, 3.8) is 0 Å². The Morgan fingerprint density at radius 1 is 1.46 bits per heavy atom. The van der Waals surface area contributed by atoms with E-state index in [4.69, 9.17) is 11.6 Å². The van der Waals surface area contributed by atoms with Gasteiger partial charge in [0.2, 0.25) is 10.0 Å². The van der Waals surface area contributed by atoms with Crippen LogP contribution >= 0.6 is 0 Å². The van der Waals surface area contributed by atoms with Crippen molar-refractivity contribution in [3.05, 3.63) is 29.6 Å². The van der Waals surface area contributed by atoms with Crippen molar-refractivity contribution in [1.82, 2.24) is 0 Å². The van der Waals surface area contributed by atoms with Gasteiger partial charge in [-0.05, 0) is 12.1 Å². The molecule has 0 heterocycles. The van der Waals surface area contributed by atoms with E-state index in [1.54, 1.807) is 0 Å². The molecule has 0 radical (unpaired) electrons. The highest BCUT2D eigenvalue weighted by Gasteiger charge is 2.15. The van der Waals surface area contributed by atoms with Gasteiger partial charge in [0.25, 0.3) is 0 Å². The maximum atomic E-state index is 12.9. The molecule has 0 unspecified atom stereocenters. The van der Waals surface area contributed by atoms with E-state index in [1.165, 1.54) is 6.07 Å². The summed E-state index contributed by atoms with van der Waals surface area (Å²) in [5.74, 6) is 1.17. The zero-order valence-corrected chi connectivity index (χ0v) is 7.31. The number of primary sulfonamides is 1. The van der Waals surface area contributed by atoms with E-state index in [1.807, 2.05) is 5.92 Å². The molecule has 13 heavy (non-hydrogen) atoms. The number of rotatable bonds is 1. The summed E-state index contributed by atoms with van der Waals surface area (Å²) in [4.78, 5) is -0.366. The summed E-state index contributed by atoms with van der Waals surface area (Å²) in [5.41, 5.74) is -0.329. The van der Waals surface area contributed by atoms with Gasteiger partial charge in [-0.25, -0.2) is 17.9 Å². The number of hydrogen-bond acceptors (Lipinski definition) is 2. The molecular formula is C8H6FNO2S. The van der Waals surface area contributed by atoms with E-state index in [2.05, 4.69) is 0 Å². The average molecular weight is 199 g/mol. The largest absolute Gasteiger partial charge is 0.239 e. The Hall–Kier alpha value is -1.38. The number of halogens is 1. The highest BCUT2D eigenvalue weighted by molar-refractivity contribution is 7.89. The molecular weight excluding hydrogens is 193 g/mol. The van der Waals surface area contributed by atoms with Crippen LogP contribution < -0.4 is 5.14 Å². The quantitative estimate of drug-likeness (QED) is 0.668. The Bertz CT molecular complexity index is 473. The Morgan fingerprint density at radius 2 is 2.08 bits per heavy atom. The van der Waals surface area contributed by atoms with Gasteiger partial charge in [-0.3, -0.25) is 0 Å². The fourth-order valence-corrected chi connectivity index (χ4v) is 1.59. The molecule has 0 amide bonds. The fraction of sp³-hybridized carbons (Fsp3) is 0. The molecule has 3 nitrogen and oxygen atoms in total. The first-order valence-corrected chi connectivity index (χ1v) is 4.79. The summed E-state index contributed by atoms with van der Waals surface area (Å²) < 4.78 is 34.7. The molecule has 0 aliphatic carbocycles. The zero-order chi connectivity index (χ0) is 10.1. The lowest BCUT2D eigenvalue weighted by molar-refractivity contribution is 0.591. The van der Waals surface area contributed by atoms with Crippen molar-refractivity contribution in [3.8, 4) is 12.3 Å². The second-order valence-corrected chi connectivity index (χ2v) is 3.83. The fourth-order valence-electron chi connectivity index (χ4n) is 0.882. The maximum absolute atomic E-state index is 12.9. The monoisotopic (exact) mass is 199 g/mol. The van der Waals surface area contributed by atoms with Crippen LogP contribution in [0.5, 0.6) is 0 Å². The van der Waals surface area contributed by atoms with Crippen LogP contribution in [0.25, 0.3) is 0 Å². The molecule has 0 spiro atoms. The predicted molar refractivity (Wildman–Crippen MR) is 45.7 cm³/mol. The second kappa shape index (κ2) is 3.17. The third-order valence-electron chi connectivity index (χ3n) is 1.43. The van der Waals surface area contributed by atoms with E-state index in [9.17, 15) is 12.8 Å². The van der Waals surface area contributed by atoms with Gasteiger partial charge in [-0.15, -0.1) is 6.42 Å². The first-order valence-electron chi connectivity index (χ1n) is 3.24. The van der Waals surface area contributed by atoms with Crippen LogP contribution in [0.4, 0.5) is 4.39 Å². The summed E-state index contributed by atoms with van der Waals surface area (Å²) in [6, 6.07) is 3.47. The number of hydrogen-bond donors (Lipinski definition) is 1. The van der Waals surface area contributed by atoms with Crippen LogP contribution in [-0.2, 0) is 10.0 Å². The molecule has 68 valence electrons. The highest BCUT2D eigenvalue weighted by atomic mass is 32.2. The molecule has 0 aromatic heterocycles. The SMILES string of the molecule is C#Cc1c(F)cccc1S(N)(=O)=O. The van der Waals surface area contributed by atoms with Crippen molar-refractivity contribution >= 4 is 10.0 Å². The van der Waals surface area contributed by atoms with Crippen molar-refractivity contribution in [2.75, 3.05) is 0 Å². The Morgan fingerprint density at radius 3 is 2.46 bits per heavy atom. The molecule has 2 N–H and O–H groups in total. The van der Waals surface area contributed by atoms with E-state index in [-0.39, 0.29) is 10.5 Å². The van der Waals surface area contributed by atoms with E-state index in [0.29, 0.717) is 0 Å². The third kappa shape index (κ3) is 1.86. The lowest BCUT2D eigenvalue weighted by Crippen LogP contribution is -2.14. The molecule has 5 heteroatoms. The lowest BCUT2D eigenvalue weighted by Gasteiger charge is -2.01. The molecule has 1 aromatic rings. The van der Waals surface area contributed by atoms with Gasteiger partial charge in [0, 0.05) is 0 Å². The van der Waals surface area contributed by atoms with Crippen molar-refractivity contribution in [2.24, 2.45) is 5.14 Å². The van der Waals surface area contributed by atoms with E-state index >= 15 is 0 Å². The first-order chi connectivity index (χ1) is 5.96. The molecule has 0 bridgehead atoms. The minimum absolute atomic E-state index is 0.329. The summed E-state index contributed by atoms with van der Waals surface area (Å²) in [5, 5.41) is 4.81. The average Bonchev–Trinajstić information content (AvgIpc) is 2.02. The van der Waals surface area contributed by atoms with Crippen LogP contribution in [0.3, 0.4) is 0 Å². The minimum atomic E-state index is -3.95. The van der Waals surface area contributed by atoms with Gasteiger partial charge < -0.3 is 0 Å². The third-order valence-corrected chi connectivity index (χ3v) is 2.38. The molecule has 0 fully saturated rings. The number of benzene rings is 1. The van der Waals surface area contributed by atoms with Crippen LogP contribution in [0.1, 0.15) is 5.56 Å².